The Balaban J connectivity index is 1.51. The Morgan fingerprint density at radius 3 is 2.32 bits per heavy atom. The molecule has 122 valence electrons. The van der Waals surface area contributed by atoms with E-state index in [1.54, 1.807) is 0 Å². The Morgan fingerprint density at radius 1 is 1.05 bits per heavy atom. The lowest BCUT2D eigenvalue weighted by Gasteiger charge is -2.49. The van der Waals surface area contributed by atoms with Gasteiger partial charge in [-0.3, -0.25) is 9.80 Å². The van der Waals surface area contributed by atoms with Crippen LogP contribution in [0, 0.1) is 0 Å². The molecule has 2 saturated heterocycles. The van der Waals surface area contributed by atoms with E-state index in [1.165, 1.54) is 26.2 Å². The molecule has 3 rings (SSSR count). The molecule has 1 aromatic rings. The molecule has 0 radical (unpaired) electrons. The fourth-order valence-electron chi connectivity index (χ4n) is 3.31. The van der Waals surface area contributed by atoms with Crippen molar-refractivity contribution >= 4 is 5.82 Å². The second kappa shape index (κ2) is 6.50. The molecule has 5 nitrogen and oxygen atoms in total. The van der Waals surface area contributed by atoms with Gasteiger partial charge < -0.3 is 4.90 Å². The van der Waals surface area contributed by atoms with E-state index in [-0.39, 0.29) is 0 Å². The molecular formula is C17H29N5. The fourth-order valence-corrected chi connectivity index (χ4v) is 3.31. The first kappa shape index (κ1) is 15.7. The summed E-state index contributed by atoms with van der Waals surface area (Å²) >= 11 is 0. The van der Waals surface area contributed by atoms with E-state index in [0.717, 1.165) is 24.7 Å². The van der Waals surface area contributed by atoms with Crippen LogP contribution in [0.2, 0.25) is 0 Å². The summed E-state index contributed by atoms with van der Waals surface area (Å²) < 4.78 is 0. The number of piperazine rings is 1. The Kier molecular flexibility index (Phi) is 4.64. The Labute approximate surface area is 134 Å². The van der Waals surface area contributed by atoms with Gasteiger partial charge >= 0.3 is 0 Å². The highest BCUT2D eigenvalue weighted by Crippen LogP contribution is 2.24. The average Bonchev–Trinajstić information content (AvgIpc) is 2.46. The first-order valence-electron chi connectivity index (χ1n) is 8.60. The third-order valence-corrected chi connectivity index (χ3v) is 4.96. The summed E-state index contributed by atoms with van der Waals surface area (Å²) in [7, 11) is 0. The van der Waals surface area contributed by atoms with Crippen LogP contribution < -0.4 is 4.90 Å². The number of anilines is 1. The Bertz CT molecular complexity index is 488. The van der Waals surface area contributed by atoms with Crippen molar-refractivity contribution in [2.75, 3.05) is 44.2 Å². The highest BCUT2D eigenvalue weighted by molar-refractivity contribution is 5.42. The Hall–Kier alpha value is -1.20. The maximum atomic E-state index is 4.70. The van der Waals surface area contributed by atoms with Crippen LogP contribution in [0.15, 0.2) is 12.3 Å². The topological polar surface area (TPSA) is 35.5 Å². The van der Waals surface area contributed by atoms with E-state index < -0.39 is 0 Å². The van der Waals surface area contributed by atoms with Crippen molar-refractivity contribution in [1.82, 2.24) is 19.8 Å². The predicted octanol–water partition coefficient (Wildman–Crippen LogP) is 1.81. The third kappa shape index (κ3) is 3.25. The van der Waals surface area contributed by atoms with Gasteiger partial charge in [0.15, 0.2) is 0 Å². The highest BCUT2D eigenvalue weighted by atomic mass is 15.4. The van der Waals surface area contributed by atoms with Crippen LogP contribution in [0.25, 0.3) is 0 Å². The van der Waals surface area contributed by atoms with Gasteiger partial charge in [-0.05, 0) is 19.9 Å². The summed E-state index contributed by atoms with van der Waals surface area (Å²) in [5.74, 6) is 2.43. The summed E-state index contributed by atoms with van der Waals surface area (Å²) in [5, 5.41) is 0. The van der Waals surface area contributed by atoms with Crippen LogP contribution >= 0.6 is 0 Å². The van der Waals surface area contributed by atoms with Crippen molar-refractivity contribution in [1.29, 1.82) is 0 Å². The van der Waals surface area contributed by atoms with Crippen LogP contribution in [0.5, 0.6) is 0 Å². The summed E-state index contributed by atoms with van der Waals surface area (Å²) in [6.07, 6.45) is 1.90. The second-order valence-electron chi connectivity index (χ2n) is 7.15. The molecule has 1 aromatic heterocycles. The number of rotatable bonds is 4. The molecule has 0 amide bonds. The summed E-state index contributed by atoms with van der Waals surface area (Å²) in [6, 6.07) is 3.42. The minimum absolute atomic E-state index is 0.390. The van der Waals surface area contributed by atoms with Gasteiger partial charge in [0.1, 0.15) is 11.6 Å². The lowest BCUT2D eigenvalue weighted by atomic mass is 10.1. The van der Waals surface area contributed by atoms with Crippen molar-refractivity contribution in [3.05, 3.63) is 18.1 Å². The normalized spacial score (nSPS) is 21.6. The van der Waals surface area contributed by atoms with Crippen LogP contribution in [-0.4, -0.2) is 71.1 Å². The molecule has 5 heteroatoms. The minimum Gasteiger partial charge on any atom is -0.353 e. The summed E-state index contributed by atoms with van der Waals surface area (Å²) in [5.41, 5.74) is 0. The lowest BCUT2D eigenvalue weighted by molar-refractivity contribution is 0.0676. The maximum Gasteiger partial charge on any atom is 0.133 e. The monoisotopic (exact) mass is 303 g/mol. The van der Waals surface area contributed by atoms with Crippen LogP contribution in [0.3, 0.4) is 0 Å². The molecule has 0 saturated carbocycles. The zero-order valence-corrected chi connectivity index (χ0v) is 14.4. The molecule has 2 aliphatic rings. The van der Waals surface area contributed by atoms with Gasteiger partial charge in [-0.15, -0.1) is 0 Å². The molecule has 2 aliphatic heterocycles. The van der Waals surface area contributed by atoms with Crippen LogP contribution in [0.4, 0.5) is 5.82 Å². The maximum absolute atomic E-state index is 4.70. The van der Waals surface area contributed by atoms with Gasteiger partial charge in [-0.1, -0.05) is 13.8 Å². The average molecular weight is 303 g/mol. The number of hydrogen-bond donors (Lipinski definition) is 0. The Morgan fingerprint density at radius 2 is 1.73 bits per heavy atom. The second-order valence-corrected chi connectivity index (χ2v) is 7.15. The molecule has 0 unspecified atom stereocenters. The van der Waals surface area contributed by atoms with Crippen molar-refractivity contribution in [3.8, 4) is 0 Å². The van der Waals surface area contributed by atoms with Gasteiger partial charge in [0.05, 0.1) is 0 Å². The zero-order chi connectivity index (χ0) is 15.7. The SMILES string of the molecule is CC(C)c1nccc(N2CC(N3CCN(C(C)C)CC3)C2)n1. The van der Waals surface area contributed by atoms with E-state index in [2.05, 4.69) is 47.4 Å². The molecule has 0 N–H and O–H groups in total. The quantitative estimate of drug-likeness (QED) is 0.848. The molecule has 0 spiro atoms. The molecule has 0 atom stereocenters. The van der Waals surface area contributed by atoms with Crippen LogP contribution in [-0.2, 0) is 0 Å². The van der Waals surface area contributed by atoms with Crippen molar-refractivity contribution in [3.63, 3.8) is 0 Å². The summed E-state index contributed by atoms with van der Waals surface area (Å²) in [6.45, 7) is 15.9. The van der Waals surface area contributed by atoms with Gasteiger partial charge in [0, 0.05) is 63.5 Å². The first-order chi connectivity index (χ1) is 10.5. The third-order valence-electron chi connectivity index (χ3n) is 4.96. The zero-order valence-electron chi connectivity index (χ0n) is 14.4. The number of hydrogen-bond acceptors (Lipinski definition) is 5. The predicted molar refractivity (Wildman–Crippen MR) is 90.4 cm³/mol. The first-order valence-corrected chi connectivity index (χ1v) is 8.60. The van der Waals surface area contributed by atoms with E-state index in [1.807, 2.05) is 12.3 Å². The van der Waals surface area contributed by atoms with E-state index in [0.29, 0.717) is 18.0 Å². The van der Waals surface area contributed by atoms with Gasteiger partial charge in [0.2, 0.25) is 0 Å². The number of aromatic nitrogens is 2. The van der Waals surface area contributed by atoms with E-state index >= 15 is 0 Å². The standard InChI is InChI=1S/C17H29N5/c1-13(2)17-18-6-5-16(19-17)22-11-15(12-22)21-9-7-20(8-10-21)14(3)4/h5-6,13-15H,7-12H2,1-4H3. The van der Waals surface area contributed by atoms with Crippen molar-refractivity contribution in [2.24, 2.45) is 0 Å². The van der Waals surface area contributed by atoms with E-state index in [4.69, 9.17) is 4.98 Å². The van der Waals surface area contributed by atoms with Gasteiger partial charge in [-0.2, -0.15) is 0 Å². The summed E-state index contributed by atoms with van der Waals surface area (Å²) in [4.78, 5) is 16.7. The smallest absolute Gasteiger partial charge is 0.133 e. The van der Waals surface area contributed by atoms with Gasteiger partial charge in [-0.25, -0.2) is 9.97 Å². The molecule has 0 bridgehead atoms. The van der Waals surface area contributed by atoms with Crippen LogP contribution in [0.1, 0.15) is 39.4 Å². The number of nitrogens with zero attached hydrogens (tertiary/aromatic N) is 5. The van der Waals surface area contributed by atoms with Gasteiger partial charge in [0.25, 0.3) is 0 Å². The van der Waals surface area contributed by atoms with Crippen molar-refractivity contribution in [2.45, 2.75) is 45.7 Å². The minimum atomic E-state index is 0.390. The molecule has 0 aromatic carbocycles. The van der Waals surface area contributed by atoms with E-state index in [9.17, 15) is 0 Å². The largest absolute Gasteiger partial charge is 0.353 e. The molecule has 2 fully saturated rings. The lowest BCUT2D eigenvalue weighted by Crippen LogP contribution is -2.63. The molecule has 0 aliphatic carbocycles. The highest BCUT2D eigenvalue weighted by Gasteiger charge is 2.34. The van der Waals surface area contributed by atoms with Crippen molar-refractivity contribution < 1.29 is 0 Å². The molecule has 3 heterocycles. The molecule has 22 heavy (non-hydrogen) atoms. The molecular weight excluding hydrogens is 274 g/mol. The fraction of sp³-hybridized carbons (Fsp3) is 0.765.